The molecule has 2 aromatic carbocycles. The van der Waals surface area contributed by atoms with Crippen molar-refractivity contribution in [2.75, 3.05) is 39.3 Å². The first kappa shape index (κ1) is 20.0. The van der Waals surface area contributed by atoms with Gasteiger partial charge in [0, 0.05) is 50.9 Å². The van der Waals surface area contributed by atoms with E-state index in [4.69, 9.17) is 0 Å². The highest BCUT2D eigenvalue weighted by Crippen LogP contribution is 2.23. The summed E-state index contributed by atoms with van der Waals surface area (Å²) in [5.74, 6) is 0. The van der Waals surface area contributed by atoms with Gasteiger partial charge in [-0.2, -0.15) is 0 Å². The maximum Gasteiger partial charge on any atom is 0.123 e. The molecule has 0 N–H and O–H groups in total. The van der Waals surface area contributed by atoms with Crippen LogP contribution in [-0.4, -0.2) is 68.4 Å². The maximum atomic E-state index is 3.94. The lowest BCUT2D eigenvalue weighted by molar-refractivity contribution is 0.131. The zero-order chi connectivity index (χ0) is 20.9. The molecule has 0 unspecified atom stereocenters. The van der Waals surface area contributed by atoms with Gasteiger partial charge in [-0.15, -0.1) is 10.2 Å². The van der Waals surface area contributed by atoms with Gasteiger partial charge in [-0.05, 0) is 43.1 Å². The van der Waals surface area contributed by atoms with E-state index in [0.29, 0.717) is 0 Å². The number of benzene rings is 2. The summed E-state index contributed by atoms with van der Waals surface area (Å²) >= 11 is 0. The van der Waals surface area contributed by atoms with Crippen molar-refractivity contribution in [2.45, 2.75) is 19.4 Å². The number of fused-ring (bicyclic) bond motifs is 1. The topological polar surface area (TPSA) is 42.1 Å². The van der Waals surface area contributed by atoms with Crippen molar-refractivity contribution in [3.05, 3.63) is 79.0 Å². The fraction of sp³-hybridized carbons (Fsp3) is 0.360. The zero-order valence-electron chi connectivity index (χ0n) is 18.0. The molecular weight excluding hydrogens is 384 g/mol. The lowest BCUT2D eigenvalue weighted by atomic mass is 10.1. The average Bonchev–Trinajstić information content (AvgIpc) is 3.50. The van der Waals surface area contributed by atoms with Gasteiger partial charge < -0.3 is 14.4 Å². The lowest BCUT2D eigenvalue weighted by Gasteiger charge is -2.34. The molecule has 1 fully saturated rings. The van der Waals surface area contributed by atoms with E-state index in [0.717, 1.165) is 25.2 Å². The summed E-state index contributed by atoms with van der Waals surface area (Å²) in [6.45, 7) is 8.10. The number of nitrogens with zero attached hydrogens (tertiary/aromatic N) is 6. The second-order valence-corrected chi connectivity index (χ2v) is 8.36. The molecule has 0 atom stereocenters. The third kappa shape index (κ3) is 4.70. The van der Waals surface area contributed by atoms with Gasteiger partial charge in [0.2, 0.25) is 0 Å². The summed E-state index contributed by atoms with van der Waals surface area (Å²) in [6, 6.07) is 19.5. The SMILES string of the molecule is c1ccc(CCN2CCN(CCCn3ccc4c(-n5cnnc5)cccc43)CC2)cc1. The van der Waals surface area contributed by atoms with Crippen LogP contribution in [0, 0.1) is 0 Å². The minimum Gasteiger partial charge on any atom is -0.347 e. The molecule has 0 amide bonds. The van der Waals surface area contributed by atoms with Crippen LogP contribution in [0.3, 0.4) is 0 Å². The Hall–Kier alpha value is -2.96. The lowest BCUT2D eigenvalue weighted by Crippen LogP contribution is -2.47. The molecule has 0 radical (unpaired) electrons. The fourth-order valence-electron chi connectivity index (χ4n) is 4.59. The number of piperazine rings is 1. The van der Waals surface area contributed by atoms with Gasteiger partial charge in [-0.1, -0.05) is 36.4 Å². The molecule has 1 aliphatic rings. The number of aryl methyl sites for hydroxylation is 1. The number of rotatable bonds is 8. The number of aromatic nitrogens is 4. The Balaban J connectivity index is 1.10. The van der Waals surface area contributed by atoms with E-state index in [1.165, 1.54) is 55.6 Å². The fourth-order valence-corrected chi connectivity index (χ4v) is 4.59. The Morgan fingerprint density at radius 3 is 2.23 bits per heavy atom. The van der Waals surface area contributed by atoms with Crippen molar-refractivity contribution in [1.82, 2.24) is 29.1 Å². The standard InChI is InChI=1S/C25H30N6/c1-2-6-22(7-3-1)10-14-29-18-16-28(17-19-29)12-5-13-30-15-11-23-24(30)8-4-9-25(23)31-20-26-27-21-31/h1-4,6-9,11,15,20-21H,5,10,12-14,16-19H2. The normalized spacial score (nSPS) is 15.6. The first-order valence-electron chi connectivity index (χ1n) is 11.3. The van der Waals surface area contributed by atoms with Crippen molar-refractivity contribution in [3.63, 3.8) is 0 Å². The highest BCUT2D eigenvalue weighted by Gasteiger charge is 2.16. The van der Waals surface area contributed by atoms with Crippen molar-refractivity contribution in [1.29, 1.82) is 0 Å². The Bertz CT molecular complexity index is 1080. The van der Waals surface area contributed by atoms with Crippen LogP contribution >= 0.6 is 0 Å². The molecule has 5 rings (SSSR count). The molecule has 0 bridgehead atoms. The van der Waals surface area contributed by atoms with Gasteiger partial charge in [0.25, 0.3) is 0 Å². The Morgan fingerprint density at radius 2 is 1.45 bits per heavy atom. The summed E-state index contributed by atoms with van der Waals surface area (Å²) in [6.07, 6.45) is 8.04. The second-order valence-electron chi connectivity index (χ2n) is 8.36. The van der Waals surface area contributed by atoms with Crippen LogP contribution in [0.25, 0.3) is 16.6 Å². The molecule has 0 saturated carbocycles. The van der Waals surface area contributed by atoms with Crippen LogP contribution in [0.5, 0.6) is 0 Å². The van der Waals surface area contributed by atoms with Gasteiger partial charge in [-0.25, -0.2) is 0 Å². The van der Waals surface area contributed by atoms with Gasteiger partial charge >= 0.3 is 0 Å². The van der Waals surface area contributed by atoms with Gasteiger partial charge in [0.05, 0.1) is 11.2 Å². The van der Waals surface area contributed by atoms with Gasteiger partial charge in [0.15, 0.2) is 0 Å². The van der Waals surface area contributed by atoms with Gasteiger partial charge in [-0.3, -0.25) is 4.57 Å². The Kier molecular flexibility index (Phi) is 6.09. The number of hydrogen-bond donors (Lipinski definition) is 0. The van der Waals surface area contributed by atoms with E-state index in [1.807, 2.05) is 4.57 Å². The highest BCUT2D eigenvalue weighted by atomic mass is 15.3. The summed E-state index contributed by atoms with van der Waals surface area (Å²) in [4.78, 5) is 5.22. The first-order chi connectivity index (χ1) is 15.4. The maximum absolute atomic E-state index is 3.94. The molecule has 1 aliphatic heterocycles. The van der Waals surface area contributed by atoms with E-state index in [1.54, 1.807) is 12.7 Å². The van der Waals surface area contributed by atoms with E-state index >= 15 is 0 Å². The van der Waals surface area contributed by atoms with Crippen LogP contribution in [0.15, 0.2) is 73.4 Å². The predicted octanol–water partition coefficient (Wildman–Crippen LogP) is 3.47. The molecular formula is C25H30N6. The molecule has 0 aliphatic carbocycles. The van der Waals surface area contributed by atoms with Crippen molar-refractivity contribution < 1.29 is 0 Å². The Morgan fingerprint density at radius 1 is 0.710 bits per heavy atom. The molecule has 31 heavy (non-hydrogen) atoms. The molecule has 2 aromatic heterocycles. The third-order valence-electron chi connectivity index (χ3n) is 6.39. The zero-order valence-corrected chi connectivity index (χ0v) is 18.0. The van der Waals surface area contributed by atoms with Crippen molar-refractivity contribution in [3.8, 4) is 5.69 Å². The van der Waals surface area contributed by atoms with Crippen LogP contribution < -0.4 is 0 Å². The minimum atomic E-state index is 1.04. The van der Waals surface area contributed by atoms with Crippen molar-refractivity contribution >= 4 is 10.9 Å². The smallest absolute Gasteiger partial charge is 0.123 e. The average molecular weight is 415 g/mol. The third-order valence-corrected chi connectivity index (χ3v) is 6.39. The van der Waals surface area contributed by atoms with Crippen LogP contribution in [0.4, 0.5) is 0 Å². The summed E-state index contributed by atoms with van der Waals surface area (Å²) in [7, 11) is 0. The molecule has 0 spiro atoms. The molecule has 6 nitrogen and oxygen atoms in total. The molecule has 160 valence electrons. The van der Waals surface area contributed by atoms with Crippen LogP contribution in [0.1, 0.15) is 12.0 Å². The van der Waals surface area contributed by atoms with E-state index in [-0.39, 0.29) is 0 Å². The summed E-state index contributed by atoms with van der Waals surface area (Å²) < 4.78 is 4.35. The quantitative estimate of drug-likeness (QED) is 0.443. The van der Waals surface area contributed by atoms with Crippen LogP contribution in [-0.2, 0) is 13.0 Å². The highest BCUT2D eigenvalue weighted by molar-refractivity contribution is 5.88. The Labute approximate surface area is 183 Å². The molecule has 6 heteroatoms. The predicted molar refractivity (Wildman–Crippen MR) is 124 cm³/mol. The van der Waals surface area contributed by atoms with Crippen molar-refractivity contribution in [2.24, 2.45) is 0 Å². The van der Waals surface area contributed by atoms with E-state index in [2.05, 4.69) is 85.4 Å². The first-order valence-corrected chi connectivity index (χ1v) is 11.3. The van der Waals surface area contributed by atoms with E-state index in [9.17, 15) is 0 Å². The molecule has 1 saturated heterocycles. The summed E-state index contributed by atoms with van der Waals surface area (Å²) in [5, 5.41) is 9.13. The summed E-state index contributed by atoms with van der Waals surface area (Å²) in [5.41, 5.74) is 3.85. The van der Waals surface area contributed by atoms with Crippen LogP contribution in [0.2, 0.25) is 0 Å². The minimum absolute atomic E-state index is 1.04. The van der Waals surface area contributed by atoms with E-state index < -0.39 is 0 Å². The second kappa shape index (κ2) is 9.45. The molecule has 3 heterocycles. The molecule has 4 aromatic rings. The largest absolute Gasteiger partial charge is 0.347 e. The number of hydrogen-bond acceptors (Lipinski definition) is 4. The monoisotopic (exact) mass is 414 g/mol. The van der Waals surface area contributed by atoms with Gasteiger partial charge in [0.1, 0.15) is 12.7 Å².